The van der Waals surface area contributed by atoms with E-state index in [4.69, 9.17) is 0 Å². The topological polar surface area (TPSA) is 51.7 Å². The lowest BCUT2D eigenvalue weighted by Gasteiger charge is -2.47. The van der Waals surface area contributed by atoms with Gasteiger partial charge in [0, 0.05) is 69.4 Å². The summed E-state index contributed by atoms with van der Waals surface area (Å²) in [7, 11) is 0. The molecule has 3 heterocycles. The summed E-state index contributed by atoms with van der Waals surface area (Å²) in [6, 6.07) is 1.62. The van der Waals surface area contributed by atoms with Crippen LogP contribution in [0.15, 0.2) is 18.3 Å². The second kappa shape index (κ2) is 10.2. The minimum atomic E-state index is -2.91. The van der Waals surface area contributed by atoms with E-state index in [1.54, 1.807) is 11.0 Å². The molecule has 1 saturated carbocycles. The van der Waals surface area contributed by atoms with Crippen molar-refractivity contribution in [1.82, 2.24) is 25.0 Å². The molecule has 3 fully saturated rings. The molecule has 0 spiro atoms. The van der Waals surface area contributed by atoms with E-state index >= 15 is 8.78 Å². The maximum absolute atomic E-state index is 15.0. The van der Waals surface area contributed by atoms with Crippen LogP contribution in [0.2, 0.25) is 0 Å². The van der Waals surface area contributed by atoms with Crippen LogP contribution in [0.4, 0.5) is 18.0 Å². The van der Waals surface area contributed by atoms with Gasteiger partial charge in [-0.05, 0) is 51.7 Å². The summed E-state index contributed by atoms with van der Waals surface area (Å²) in [5.41, 5.74) is 0.816. The molecule has 2 amide bonds. The number of carbonyl (C=O) groups excluding carboxylic acids is 1. The van der Waals surface area contributed by atoms with E-state index in [0.29, 0.717) is 44.8 Å². The summed E-state index contributed by atoms with van der Waals surface area (Å²) in [6.07, 6.45) is 3.56. The van der Waals surface area contributed by atoms with Crippen molar-refractivity contribution in [2.75, 3.05) is 39.3 Å². The quantitative estimate of drug-likeness (QED) is 0.734. The Morgan fingerprint density at radius 2 is 1.79 bits per heavy atom. The van der Waals surface area contributed by atoms with Crippen LogP contribution >= 0.6 is 0 Å². The normalized spacial score (nSPS) is 27.6. The number of alkyl halides is 2. The Morgan fingerprint density at radius 1 is 1.09 bits per heavy atom. The second-order valence-electron chi connectivity index (χ2n) is 9.98. The van der Waals surface area contributed by atoms with E-state index in [-0.39, 0.29) is 24.2 Å². The Bertz CT molecular complexity index is 790. The summed E-state index contributed by atoms with van der Waals surface area (Å²) in [5, 5.41) is 2.74. The molecule has 2 aliphatic heterocycles. The molecule has 33 heavy (non-hydrogen) atoms. The number of nitrogens with zero attached hydrogens (tertiary/aromatic N) is 4. The van der Waals surface area contributed by atoms with Crippen LogP contribution in [-0.2, 0) is 0 Å². The number of hydrogen-bond acceptors (Lipinski definition) is 4. The molecule has 184 valence electrons. The number of hydrogen-bond donors (Lipinski definition) is 1. The molecule has 4 rings (SSSR count). The van der Waals surface area contributed by atoms with Crippen LogP contribution in [0.3, 0.4) is 0 Å². The van der Waals surface area contributed by atoms with Crippen molar-refractivity contribution >= 4 is 6.03 Å². The predicted molar refractivity (Wildman–Crippen MR) is 121 cm³/mol. The Hall–Kier alpha value is -1.87. The van der Waals surface area contributed by atoms with Gasteiger partial charge in [-0.25, -0.2) is 18.0 Å². The molecular weight excluding hydrogens is 431 g/mol. The van der Waals surface area contributed by atoms with Crippen LogP contribution in [-0.4, -0.2) is 89.0 Å². The molecule has 2 saturated heterocycles. The molecule has 1 aliphatic carbocycles. The van der Waals surface area contributed by atoms with Crippen molar-refractivity contribution in [2.45, 2.75) is 75.9 Å². The molecular formula is C24H36F3N5O. The van der Waals surface area contributed by atoms with Crippen molar-refractivity contribution in [3.63, 3.8) is 0 Å². The van der Waals surface area contributed by atoms with Gasteiger partial charge < -0.3 is 10.2 Å². The highest BCUT2D eigenvalue weighted by Crippen LogP contribution is 2.37. The maximum Gasteiger partial charge on any atom is 0.317 e. The first-order chi connectivity index (χ1) is 15.7. The van der Waals surface area contributed by atoms with Crippen LogP contribution < -0.4 is 5.32 Å². The Morgan fingerprint density at radius 3 is 2.39 bits per heavy atom. The monoisotopic (exact) mass is 467 g/mol. The number of amides is 2. The van der Waals surface area contributed by atoms with Crippen molar-refractivity contribution in [2.24, 2.45) is 0 Å². The molecule has 1 aromatic heterocycles. The fourth-order valence-corrected chi connectivity index (χ4v) is 5.56. The third-order valence-corrected chi connectivity index (χ3v) is 7.63. The summed E-state index contributed by atoms with van der Waals surface area (Å²) < 4.78 is 43.2. The van der Waals surface area contributed by atoms with Crippen LogP contribution in [0.5, 0.6) is 0 Å². The van der Waals surface area contributed by atoms with Crippen molar-refractivity contribution in [1.29, 1.82) is 0 Å². The Balaban J connectivity index is 1.36. The van der Waals surface area contributed by atoms with Gasteiger partial charge in [-0.1, -0.05) is 0 Å². The summed E-state index contributed by atoms with van der Waals surface area (Å²) in [6.45, 7) is 8.50. The zero-order chi connectivity index (χ0) is 23.6. The highest BCUT2D eigenvalue weighted by Gasteiger charge is 2.50. The number of nitrogens with one attached hydrogen (secondary N) is 1. The molecule has 0 radical (unpaired) electrons. The standard InChI is InChI=1S/C24H36F3N5O/c1-17(2)30-12-14-31(15-13-30)21-4-3-9-24(26,27)22(21)29-23(33)32-10-7-18(8-11-32)20-6-5-19(25)16-28-20/h5-6,16-18,21-22H,3-4,7-15H2,1-2H3,(H,29,33)/t21?,22-/m1/s1. The third-order valence-electron chi connectivity index (χ3n) is 7.63. The van der Waals surface area contributed by atoms with Gasteiger partial charge in [0.15, 0.2) is 0 Å². The maximum atomic E-state index is 15.0. The lowest BCUT2D eigenvalue weighted by molar-refractivity contribution is -0.0973. The minimum absolute atomic E-state index is 0.149. The second-order valence-corrected chi connectivity index (χ2v) is 9.98. The fraction of sp³-hybridized carbons (Fsp3) is 0.750. The van der Waals surface area contributed by atoms with E-state index in [2.05, 4.69) is 33.9 Å². The van der Waals surface area contributed by atoms with Gasteiger partial charge in [0.2, 0.25) is 0 Å². The van der Waals surface area contributed by atoms with Crippen LogP contribution in [0.1, 0.15) is 57.6 Å². The molecule has 3 aliphatic rings. The lowest BCUT2D eigenvalue weighted by Crippen LogP contribution is -2.66. The van der Waals surface area contributed by atoms with Crippen molar-refractivity contribution in [3.8, 4) is 0 Å². The van der Waals surface area contributed by atoms with E-state index in [9.17, 15) is 9.18 Å². The van der Waals surface area contributed by atoms with Gasteiger partial charge in [-0.2, -0.15) is 0 Å². The zero-order valence-electron chi connectivity index (χ0n) is 19.7. The third kappa shape index (κ3) is 5.62. The number of pyridine rings is 1. The van der Waals surface area contributed by atoms with Gasteiger partial charge >= 0.3 is 6.03 Å². The Labute approximate surface area is 194 Å². The molecule has 0 aromatic carbocycles. The van der Waals surface area contributed by atoms with Gasteiger partial charge in [0.25, 0.3) is 5.92 Å². The fourth-order valence-electron chi connectivity index (χ4n) is 5.56. The van der Waals surface area contributed by atoms with Gasteiger partial charge in [0.1, 0.15) is 11.9 Å². The average Bonchev–Trinajstić information content (AvgIpc) is 2.81. The number of carbonyl (C=O) groups is 1. The van der Waals surface area contributed by atoms with Gasteiger partial charge in [0.05, 0.1) is 6.20 Å². The molecule has 9 heteroatoms. The Kier molecular flexibility index (Phi) is 7.48. The molecule has 2 atom stereocenters. The first-order valence-corrected chi connectivity index (χ1v) is 12.3. The van der Waals surface area contributed by atoms with Crippen molar-refractivity contribution in [3.05, 3.63) is 29.8 Å². The molecule has 1 N–H and O–H groups in total. The number of rotatable bonds is 4. The van der Waals surface area contributed by atoms with Gasteiger partial charge in [-0.15, -0.1) is 0 Å². The van der Waals surface area contributed by atoms with Crippen LogP contribution in [0, 0.1) is 5.82 Å². The van der Waals surface area contributed by atoms with Crippen molar-refractivity contribution < 1.29 is 18.0 Å². The average molecular weight is 468 g/mol. The number of piperazine rings is 1. The lowest BCUT2D eigenvalue weighted by atomic mass is 9.85. The molecule has 6 nitrogen and oxygen atoms in total. The highest BCUT2D eigenvalue weighted by molar-refractivity contribution is 5.75. The largest absolute Gasteiger partial charge is 0.328 e. The first kappa shape index (κ1) is 24.3. The number of aromatic nitrogens is 1. The zero-order valence-corrected chi connectivity index (χ0v) is 19.7. The van der Waals surface area contributed by atoms with E-state index in [1.165, 1.54) is 12.3 Å². The number of urea groups is 1. The molecule has 0 bridgehead atoms. The highest BCUT2D eigenvalue weighted by atomic mass is 19.3. The number of likely N-dealkylation sites (tertiary alicyclic amines) is 1. The van der Waals surface area contributed by atoms with E-state index < -0.39 is 18.0 Å². The van der Waals surface area contributed by atoms with E-state index in [0.717, 1.165) is 31.9 Å². The minimum Gasteiger partial charge on any atom is -0.328 e. The predicted octanol–water partition coefficient (Wildman–Crippen LogP) is 3.69. The van der Waals surface area contributed by atoms with E-state index in [1.807, 2.05) is 0 Å². The SMILES string of the molecule is CC(C)N1CCN(C2CCCC(F)(F)[C@@H]2NC(=O)N2CCC(c3ccc(F)cn3)CC2)CC1. The number of halogens is 3. The van der Waals surface area contributed by atoms with Gasteiger partial charge in [-0.3, -0.25) is 14.8 Å². The summed E-state index contributed by atoms with van der Waals surface area (Å²) in [4.78, 5) is 23.3. The summed E-state index contributed by atoms with van der Waals surface area (Å²) in [5.74, 6) is -3.13. The first-order valence-electron chi connectivity index (χ1n) is 12.3. The molecule has 1 unspecified atom stereocenters. The molecule has 1 aromatic rings. The summed E-state index contributed by atoms with van der Waals surface area (Å²) >= 11 is 0. The smallest absolute Gasteiger partial charge is 0.317 e. The number of piperidine rings is 1. The van der Waals surface area contributed by atoms with Crippen LogP contribution in [0.25, 0.3) is 0 Å².